The van der Waals surface area contributed by atoms with Crippen LogP contribution in [0.1, 0.15) is 29.3 Å². The molecule has 0 atom stereocenters. The molecule has 0 radical (unpaired) electrons. The van der Waals surface area contributed by atoms with Crippen LogP contribution in [0.15, 0.2) is 48.5 Å². The number of amides is 1. The Morgan fingerprint density at radius 2 is 1.52 bits per heavy atom. The maximum atomic E-state index is 12.5. The number of nitrogens with zero attached hydrogens (tertiary/aromatic N) is 2. The molecule has 6 nitrogen and oxygen atoms in total. The van der Waals surface area contributed by atoms with Crippen molar-refractivity contribution >= 4 is 23.3 Å². The average Bonchev–Trinajstić information content (AvgIpc) is 2.81. The van der Waals surface area contributed by atoms with Gasteiger partial charge in [-0.3, -0.25) is 9.59 Å². The molecule has 0 aliphatic carbocycles. The number of hydrogen-bond acceptors (Lipinski definition) is 5. The predicted octanol–water partition coefficient (Wildman–Crippen LogP) is 3.09. The lowest BCUT2D eigenvalue weighted by Gasteiger charge is -2.33. The van der Waals surface area contributed by atoms with E-state index in [1.807, 2.05) is 0 Å². The van der Waals surface area contributed by atoms with E-state index < -0.39 is 0 Å². The van der Waals surface area contributed by atoms with Crippen LogP contribution < -0.4 is 10.1 Å². The quantitative estimate of drug-likeness (QED) is 0.451. The number of ketones is 1. The van der Waals surface area contributed by atoms with Gasteiger partial charge in [0.1, 0.15) is 5.75 Å². The van der Waals surface area contributed by atoms with Gasteiger partial charge in [0, 0.05) is 48.9 Å². The number of rotatable bonds is 10. The number of carbonyl (C=O) groups excluding carboxylic acids is 2. The van der Waals surface area contributed by atoms with Crippen LogP contribution in [0.3, 0.4) is 0 Å². The Kier molecular flexibility index (Phi) is 8.88. The molecule has 31 heavy (non-hydrogen) atoms. The summed E-state index contributed by atoms with van der Waals surface area (Å²) >= 11 is 5.86. The van der Waals surface area contributed by atoms with Crippen molar-refractivity contribution in [3.05, 3.63) is 64.7 Å². The Hall–Kier alpha value is -2.41. The van der Waals surface area contributed by atoms with Gasteiger partial charge in [0.2, 0.25) is 0 Å². The Bertz CT molecular complexity index is 847. The molecular formula is C24H30ClN3O3. The Morgan fingerprint density at radius 1 is 0.935 bits per heavy atom. The summed E-state index contributed by atoms with van der Waals surface area (Å²) in [6, 6.07) is 13.6. The first-order valence-corrected chi connectivity index (χ1v) is 11.2. The lowest BCUT2D eigenvalue weighted by Crippen LogP contribution is -2.46. The zero-order valence-corrected chi connectivity index (χ0v) is 18.7. The van der Waals surface area contributed by atoms with Crippen molar-refractivity contribution in [2.75, 3.05) is 52.4 Å². The summed E-state index contributed by atoms with van der Waals surface area (Å²) in [6.45, 7) is 9.37. The molecule has 3 rings (SSSR count). The number of carbonyl (C=O) groups is 2. The second kappa shape index (κ2) is 11.8. The molecule has 7 heteroatoms. The van der Waals surface area contributed by atoms with E-state index >= 15 is 0 Å². The van der Waals surface area contributed by atoms with Gasteiger partial charge in [0.15, 0.2) is 12.4 Å². The van der Waals surface area contributed by atoms with Crippen LogP contribution in [0.25, 0.3) is 0 Å². The Labute approximate surface area is 189 Å². The molecule has 2 aromatic rings. The van der Waals surface area contributed by atoms with Gasteiger partial charge in [-0.25, -0.2) is 0 Å². The largest absolute Gasteiger partial charge is 0.484 e. The molecule has 1 heterocycles. The summed E-state index contributed by atoms with van der Waals surface area (Å²) in [7, 11) is 0. The highest BCUT2D eigenvalue weighted by Gasteiger charge is 2.14. The number of likely N-dealkylation sites (N-methyl/N-ethyl adjacent to an activating group) is 1. The second-order valence-corrected chi connectivity index (χ2v) is 8.06. The number of ether oxygens (including phenoxy) is 1. The molecule has 1 saturated heterocycles. The third-order valence-electron chi connectivity index (χ3n) is 5.48. The fourth-order valence-electron chi connectivity index (χ4n) is 3.53. The summed E-state index contributed by atoms with van der Waals surface area (Å²) in [4.78, 5) is 29.4. The fraction of sp³-hybridized carbons (Fsp3) is 0.417. The molecule has 0 bridgehead atoms. The lowest BCUT2D eigenvalue weighted by atomic mass is 10.0. The minimum Gasteiger partial charge on any atom is -0.484 e. The second-order valence-electron chi connectivity index (χ2n) is 7.63. The molecule has 0 saturated carbocycles. The van der Waals surface area contributed by atoms with Gasteiger partial charge in [0.05, 0.1) is 0 Å². The van der Waals surface area contributed by atoms with Crippen LogP contribution in [0.5, 0.6) is 5.75 Å². The van der Waals surface area contributed by atoms with E-state index in [-0.39, 0.29) is 18.3 Å². The summed E-state index contributed by atoms with van der Waals surface area (Å²) in [5.41, 5.74) is 1.13. The molecule has 1 aliphatic heterocycles. The molecule has 1 fully saturated rings. The van der Waals surface area contributed by atoms with Crippen LogP contribution in [0, 0.1) is 0 Å². The van der Waals surface area contributed by atoms with Crippen molar-refractivity contribution in [3.63, 3.8) is 0 Å². The van der Waals surface area contributed by atoms with E-state index in [0.29, 0.717) is 28.4 Å². The third kappa shape index (κ3) is 7.35. The minimum atomic E-state index is -0.142. The molecule has 0 spiro atoms. The molecule has 1 aliphatic rings. The first-order valence-electron chi connectivity index (χ1n) is 10.8. The SMILES string of the molecule is CCN1CCN(CCCNC(=O)COc2ccc(C(=O)c3ccc(Cl)cc3)cc2)CC1. The highest BCUT2D eigenvalue weighted by atomic mass is 35.5. The predicted molar refractivity (Wildman–Crippen MR) is 123 cm³/mol. The number of piperazine rings is 1. The number of halogens is 1. The first-order chi connectivity index (χ1) is 15.0. The summed E-state index contributed by atoms with van der Waals surface area (Å²) in [6.07, 6.45) is 0.930. The van der Waals surface area contributed by atoms with Gasteiger partial charge >= 0.3 is 0 Å². The minimum absolute atomic E-state index is 0.0420. The molecule has 2 aromatic carbocycles. The summed E-state index contributed by atoms with van der Waals surface area (Å²) in [5.74, 6) is 0.325. The highest BCUT2D eigenvalue weighted by Crippen LogP contribution is 2.17. The Balaban J connectivity index is 1.34. The van der Waals surface area contributed by atoms with Crippen molar-refractivity contribution in [2.45, 2.75) is 13.3 Å². The third-order valence-corrected chi connectivity index (χ3v) is 5.73. The standard InChI is InChI=1S/C24H30ClN3O3/c1-2-27-14-16-28(17-15-27)13-3-12-26-23(29)18-31-22-10-6-20(7-11-22)24(30)19-4-8-21(25)9-5-19/h4-11H,2-3,12-18H2,1H3,(H,26,29). The first kappa shape index (κ1) is 23.3. The average molecular weight is 444 g/mol. The molecule has 0 unspecified atom stereocenters. The molecule has 166 valence electrons. The zero-order valence-electron chi connectivity index (χ0n) is 18.0. The summed E-state index contributed by atoms with van der Waals surface area (Å²) in [5, 5.41) is 3.49. The van der Waals surface area contributed by atoms with Crippen LogP contribution in [0.4, 0.5) is 0 Å². The van der Waals surface area contributed by atoms with E-state index in [9.17, 15) is 9.59 Å². The summed E-state index contributed by atoms with van der Waals surface area (Å²) < 4.78 is 5.54. The van der Waals surface area contributed by atoms with E-state index in [4.69, 9.17) is 16.3 Å². The van der Waals surface area contributed by atoms with Gasteiger partial charge in [-0.15, -0.1) is 0 Å². The number of nitrogens with one attached hydrogen (secondary N) is 1. The van der Waals surface area contributed by atoms with Gasteiger partial charge in [0.25, 0.3) is 5.91 Å². The van der Waals surface area contributed by atoms with Gasteiger partial charge < -0.3 is 19.9 Å². The van der Waals surface area contributed by atoms with Gasteiger partial charge in [-0.05, 0) is 68.0 Å². The molecular weight excluding hydrogens is 414 g/mol. The fourth-order valence-corrected chi connectivity index (χ4v) is 3.66. The van der Waals surface area contributed by atoms with E-state index in [1.54, 1.807) is 48.5 Å². The van der Waals surface area contributed by atoms with Crippen LogP contribution in [0.2, 0.25) is 5.02 Å². The molecule has 0 aromatic heterocycles. The van der Waals surface area contributed by atoms with Crippen molar-refractivity contribution < 1.29 is 14.3 Å². The van der Waals surface area contributed by atoms with E-state index in [2.05, 4.69) is 22.0 Å². The maximum Gasteiger partial charge on any atom is 0.257 e. The lowest BCUT2D eigenvalue weighted by molar-refractivity contribution is -0.123. The molecule has 1 N–H and O–H groups in total. The number of hydrogen-bond donors (Lipinski definition) is 1. The van der Waals surface area contributed by atoms with Crippen molar-refractivity contribution in [2.24, 2.45) is 0 Å². The smallest absolute Gasteiger partial charge is 0.257 e. The van der Waals surface area contributed by atoms with E-state index in [1.165, 1.54) is 0 Å². The number of benzene rings is 2. The van der Waals surface area contributed by atoms with Crippen molar-refractivity contribution in [1.29, 1.82) is 0 Å². The van der Waals surface area contributed by atoms with E-state index in [0.717, 1.165) is 45.7 Å². The van der Waals surface area contributed by atoms with Crippen molar-refractivity contribution in [1.82, 2.24) is 15.1 Å². The zero-order chi connectivity index (χ0) is 22.1. The van der Waals surface area contributed by atoms with Gasteiger partial charge in [-0.1, -0.05) is 18.5 Å². The topological polar surface area (TPSA) is 61.9 Å². The monoisotopic (exact) mass is 443 g/mol. The van der Waals surface area contributed by atoms with Crippen LogP contribution >= 0.6 is 11.6 Å². The van der Waals surface area contributed by atoms with Crippen LogP contribution in [-0.4, -0.2) is 73.9 Å². The Morgan fingerprint density at radius 3 is 2.13 bits per heavy atom. The van der Waals surface area contributed by atoms with Crippen LogP contribution in [-0.2, 0) is 4.79 Å². The maximum absolute atomic E-state index is 12.5. The highest BCUT2D eigenvalue weighted by molar-refractivity contribution is 6.30. The normalized spacial score (nSPS) is 14.9. The van der Waals surface area contributed by atoms with Crippen molar-refractivity contribution in [3.8, 4) is 5.75 Å². The molecule has 1 amide bonds. The van der Waals surface area contributed by atoms with Gasteiger partial charge in [-0.2, -0.15) is 0 Å².